The molecule has 112 valence electrons. The highest BCUT2D eigenvalue weighted by Crippen LogP contribution is 2.39. The summed E-state index contributed by atoms with van der Waals surface area (Å²) < 4.78 is 63.2. The largest absolute Gasteiger partial charge is 0.461 e. The maximum atomic E-state index is 13.2. The average molecular weight is 295 g/mol. The van der Waals surface area contributed by atoms with Gasteiger partial charge in [-0.3, -0.25) is 4.79 Å². The predicted octanol–water partition coefficient (Wildman–Crippen LogP) is 3.91. The molecule has 0 atom stereocenters. The smallest absolute Gasteiger partial charge is 0.372 e. The Hall–Kier alpha value is -1.66. The summed E-state index contributed by atoms with van der Waals surface area (Å²) in [6.45, 7) is 4.20. The molecule has 2 nitrogen and oxygen atoms in total. The quantitative estimate of drug-likeness (QED) is 0.606. The first-order valence-electron chi connectivity index (χ1n) is 6.00. The lowest BCUT2D eigenvalue weighted by molar-refractivity contribution is -0.255. The summed E-state index contributed by atoms with van der Waals surface area (Å²) in [5, 5.41) is 0. The topological polar surface area (TPSA) is 20.3 Å². The number of anilines is 1. The summed E-state index contributed by atoms with van der Waals surface area (Å²) in [4.78, 5) is 13.1. The summed E-state index contributed by atoms with van der Waals surface area (Å²) in [6.07, 6.45) is -5.90. The van der Waals surface area contributed by atoms with Crippen molar-refractivity contribution in [3.8, 4) is 0 Å². The van der Waals surface area contributed by atoms with Gasteiger partial charge in [0, 0.05) is 24.3 Å². The highest BCUT2D eigenvalue weighted by molar-refractivity contribution is 6.06. The first-order valence-corrected chi connectivity index (χ1v) is 6.00. The molecule has 1 aromatic rings. The van der Waals surface area contributed by atoms with Gasteiger partial charge in [0.25, 0.3) is 0 Å². The summed E-state index contributed by atoms with van der Waals surface area (Å²) in [5.74, 6) is -7.62. The van der Waals surface area contributed by atoms with Gasteiger partial charge in [-0.2, -0.15) is 22.0 Å². The molecule has 0 aromatic heterocycles. The van der Waals surface area contributed by atoms with Crippen LogP contribution in [0.25, 0.3) is 0 Å². The molecule has 1 rings (SSSR count). The van der Waals surface area contributed by atoms with Crippen molar-refractivity contribution in [2.45, 2.75) is 25.9 Å². The lowest BCUT2D eigenvalue weighted by atomic mass is 10.0. The Labute approximate surface area is 113 Å². The molecule has 0 aliphatic heterocycles. The first-order chi connectivity index (χ1) is 9.16. The van der Waals surface area contributed by atoms with Crippen molar-refractivity contribution in [3.05, 3.63) is 29.8 Å². The van der Waals surface area contributed by atoms with Gasteiger partial charge >= 0.3 is 12.1 Å². The van der Waals surface area contributed by atoms with E-state index in [2.05, 4.69) is 0 Å². The molecule has 0 unspecified atom stereocenters. The Morgan fingerprint density at radius 3 is 2.00 bits per heavy atom. The number of Topliss-reactive ketones (excluding diaryl/α,β-unsaturated/α-hetero) is 1. The van der Waals surface area contributed by atoms with E-state index in [0.717, 1.165) is 6.07 Å². The fourth-order valence-electron chi connectivity index (χ4n) is 1.80. The fraction of sp³-hybridized carbons (Fsp3) is 0.462. The molecule has 0 fully saturated rings. The van der Waals surface area contributed by atoms with E-state index in [1.54, 1.807) is 18.7 Å². The molecule has 0 aliphatic carbocycles. The molecule has 0 heterocycles. The maximum absolute atomic E-state index is 13.2. The molecule has 0 saturated heterocycles. The van der Waals surface area contributed by atoms with Crippen molar-refractivity contribution in [2.75, 3.05) is 18.0 Å². The van der Waals surface area contributed by atoms with Crippen molar-refractivity contribution in [3.63, 3.8) is 0 Å². The zero-order valence-corrected chi connectivity index (χ0v) is 11.0. The second kappa shape index (κ2) is 5.76. The minimum atomic E-state index is -5.90. The molecule has 0 spiro atoms. The van der Waals surface area contributed by atoms with Crippen molar-refractivity contribution < 1.29 is 26.7 Å². The summed E-state index contributed by atoms with van der Waals surface area (Å²) in [6, 6.07) is 5.07. The van der Waals surface area contributed by atoms with Crippen molar-refractivity contribution in [1.29, 1.82) is 0 Å². The van der Waals surface area contributed by atoms with Crippen LogP contribution >= 0.6 is 0 Å². The molecule has 0 bridgehead atoms. The number of alkyl halides is 5. The number of nitrogens with zero attached hydrogens (tertiary/aromatic N) is 1. The number of hydrogen-bond donors (Lipinski definition) is 0. The van der Waals surface area contributed by atoms with Gasteiger partial charge in [0.1, 0.15) is 0 Å². The van der Waals surface area contributed by atoms with E-state index in [4.69, 9.17) is 0 Å². The lowest BCUT2D eigenvalue weighted by Gasteiger charge is -2.25. The number of para-hydroxylation sites is 1. The fourth-order valence-corrected chi connectivity index (χ4v) is 1.80. The first kappa shape index (κ1) is 16.4. The molecule has 7 heteroatoms. The van der Waals surface area contributed by atoms with E-state index in [1.165, 1.54) is 18.2 Å². The SMILES string of the molecule is CCN(CC)c1ccccc1C(=O)C(F)(F)C(F)(F)F. The standard InChI is InChI=1S/C13H14F5NO/c1-3-19(4-2)10-8-6-5-7-9(10)11(20)12(14,15)13(16,17)18/h5-8H,3-4H2,1-2H3. The molecule has 20 heavy (non-hydrogen) atoms. The zero-order chi connectivity index (χ0) is 15.6. The van der Waals surface area contributed by atoms with Crippen LogP contribution in [0.3, 0.4) is 0 Å². The van der Waals surface area contributed by atoms with Gasteiger partial charge < -0.3 is 4.90 Å². The molecular weight excluding hydrogens is 281 g/mol. The van der Waals surface area contributed by atoms with Gasteiger partial charge in [-0.25, -0.2) is 0 Å². The van der Waals surface area contributed by atoms with E-state index in [-0.39, 0.29) is 5.69 Å². The maximum Gasteiger partial charge on any atom is 0.461 e. The lowest BCUT2D eigenvalue weighted by Crippen LogP contribution is -2.44. The minimum Gasteiger partial charge on any atom is -0.372 e. The number of carbonyl (C=O) groups excluding carboxylic acids is 1. The highest BCUT2D eigenvalue weighted by Gasteiger charge is 2.63. The second-order valence-corrected chi connectivity index (χ2v) is 4.09. The molecular formula is C13H14F5NO. The highest BCUT2D eigenvalue weighted by atomic mass is 19.4. The molecule has 0 amide bonds. The Balaban J connectivity index is 3.31. The monoisotopic (exact) mass is 295 g/mol. The number of hydrogen-bond acceptors (Lipinski definition) is 2. The van der Waals surface area contributed by atoms with Crippen LogP contribution in [0.5, 0.6) is 0 Å². The predicted molar refractivity (Wildman–Crippen MR) is 65.3 cm³/mol. The third-order valence-electron chi connectivity index (χ3n) is 2.89. The van der Waals surface area contributed by atoms with E-state index in [9.17, 15) is 26.7 Å². The van der Waals surface area contributed by atoms with Crippen molar-refractivity contribution >= 4 is 11.5 Å². The van der Waals surface area contributed by atoms with Gasteiger partial charge in [0.15, 0.2) is 0 Å². The van der Waals surface area contributed by atoms with Crippen molar-refractivity contribution in [1.82, 2.24) is 0 Å². The molecule has 0 N–H and O–H groups in total. The number of benzene rings is 1. The third kappa shape index (κ3) is 2.91. The van der Waals surface area contributed by atoms with E-state index < -0.39 is 23.4 Å². The second-order valence-electron chi connectivity index (χ2n) is 4.09. The number of ketones is 1. The van der Waals surface area contributed by atoms with Crippen molar-refractivity contribution in [2.24, 2.45) is 0 Å². The zero-order valence-electron chi connectivity index (χ0n) is 11.0. The Morgan fingerprint density at radius 1 is 1.05 bits per heavy atom. The molecule has 1 aromatic carbocycles. The number of carbonyl (C=O) groups is 1. The minimum absolute atomic E-state index is 0.0754. The van der Waals surface area contributed by atoms with Crippen LogP contribution in [0.2, 0.25) is 0 Å². The van der Waals surface area contributed by atoms with E-state index in [0.29, 0.717) is 13.1 Å². The summed E-state index contributed by atoms with van der Waals surface area (Å²) in [7, 11) is 0. The van der Waals surface area contributed by atoms with E-state index in [1.807, 2.05) is 0 Å². The van der Waals surface area contributed by atoms with E-state index >= 15 is 0 Å². The number of rotatable bonds is 5. The summed E-state index contributed by atoms with van der Waals surface area (Å²) in [5.41, 5.74) is -0.551. The van der Waals surface area contributed by atoms with Crippen LogP contribution < -0.4 is 4.90 Å². The normalized spacial score (nSPS) is 12.3. The van der Waals surface area contributed by atoms with Crippen LogP contribution in [0, 0.1) is 0 Å². The van der Waals surface area contributed by atoms with Gasteiger partial charge in [-0.1, -0.05) is 12.1 Å². The average Bonchev–Trinajstić information content (AvgIpc) is 2.38. The summed E-state index contributed by atoms with van der Waals surface area (Å²) >= 11 is 0. The van der Waals surface area contributed by atoms with Crippen LogP contribution in [-0.2, 0) is 0 Å². The van der Waals surface area contributed by atoms with Gasteiger partial charge in [-0.05, 0) is 26.0 Å². The Kier molecular flexibility index (Phi) is 4.73. The molecule has 0 radical (unpaired) electrons. The third-order valence-corrected chi connectivity index (χ3v) is 2.89. The number of halogens is 5. The Morgan fingerprint density at radius 2 is 1.55 bits per heavy atom. The van der Waals surface area contributed by atoms with Crippen LogP contribution in [0.15, 0.2) is 24.3 Å². The van der Waals surface area contributed by atoms with Gasteiger partial charge in [0.05, 0.1) is 0 Å². The van der Waals surface area contributed by atoms with Gasteiger partial charge in [0.2, 0.25) is 5.78 Å². The van der Waals surface area contributed by atoms with Gasteiger partial charge in [-0.15, -0.1) is 0 Å². The molecule has 0 saturated carbocycles. The molecule has 0 aliphatic rings. The van der Waals surface area contributed by atoms with Crippen LogP contribution in [0.1, 0.15) is 24.2 Å². The Bertz CT molecular complexity index is 480. The van der Waals surface area contributed by atoms with Crippen LogP contribution in [0.4, 0.5) is 27.6 Å². The van der Waals surface area contributed by atoms with Crippen LogP contribution in [-0.4, -0.2) is 31.0 Å².